The summed E-state index contributed by atoms with van der Waals surface area (Å²) in [5.74, 6) is 0.646. The predicted octanol–water partition coefficient (Wildman–Crippen LogP) is 3.22. The van der Waals surface area contributed by atoms with Crippen molar-refractivity contribution in [3.63, 3.8) is 0 Å². The first-order chi connectivity index (χ1) is 7.29. The zero-order chi connectivity index (χ0) is 11.1. The maximum Gasteiger partial charge on any atom is 0.0876 e. The molecule has 1 atom stereocenters. The van der Waals surface area contributed by atoms with Gasteiger partial charge in [0.15, 0.2) is 0 Å². The molecule has 0 bridgehead atoms. The van der Waals surface area contributed by atoms with E-state index in [-0.39, 0.29) is 6.04 Å². The molecule has 0 aromatic rings. The van der Waals surface area contributed by atoms with E-state index in [0.717, 1.165) is 19.4 Å². The lowest BCUT2D eigenvalue weighted by Gasteiger charge is -2.27. The zero-order valence-electron chi connectivity index (χ0n) is 10.2. The highest BCUT2D eigenvalue weighted by molar-refractivity contribution is 5.10. The summed E-state index contributed by atoms with van der Waals surface area (Å²) in [6.45, 7) is 5.34. The number of rotatable bonds is 6. The fourth-order valence-corrected chi connectivity index (χ4v) is 2.38. The molecule has 1 aliphatic rings. The lowest BCUT2D eigenvalue weighted by Crippen LogP contribution is -2.33. The summed E-state index contributed by atoms with van der Waals surface area (Å²) in [5.41, 5.74) is 7.64. The van der Waals surface area contributed by atoms with Crippen molar-refractivity contribution < 1.29 is 4.74 Å². The molecule has 0 saturated carbocycles. The molecule has 0 fully saturated rings. The molecule has 2 heteroatoms. The smallest absolute Gasteiger partial charge is 0.0876 e. The van der Waals surface area contributed by atoms with Crippen LogP contribution in [0.1, 0.15) is 52.4 Å². The van der Waals surface area contributed by atoms with Crippen molar-refractivity contribution in [2.45, 2.75) is 58.4 Å². The van der Waals surface area contributed by atoms with Crippen LogP contribution >= 0.6 is 0 Å². The Balaban J connectivity index is 2.52. The normalized spacial score (nSPS) is 18.5. The van der Waals surface area contributed by atoms with Gasteiger partial charge in [-0.25, -0.2) is 0 Å². The van der Waals surface area contributed by atoms with Crippen LogP contribution in [-0.4, -0.2) is 12.6 Å². The maximum atomic E-state index is 6.32. The van der Waals surface area contributed by atoms with Crippen LogP contribution in [0.2, 0.25) is 0 Å². The van der Waals surface area contributed by atoms with Crippen LogP contribution in [0.15, 0.2) is 11.8 Å². The van der Waals surface area contributed by atoms with Gasteiger partial charge in [-0.2, -0.15) is 0 Å². The molecule has 0 saturated heterocycles. The van der Waals surface area contributed by atoms with Crippen LogP contribution < -0.4 is 5.73 Å². The van der Waals surface area contributed by atoms with Crippen molar-refractivity contribution in [3.05, 3.63) is 11.8 Å². The Labute approximate surface area is 93.9 Å². The van der Waals surface area contributed by atoms with E-state index in [9.17, 15) is 0 Å². The molecule has 0 spiro atoms. The average Bonchev–Trinajstić information content (AvgIpc) is 2.29. The molecule has 1 heterocycles. The Kier molecular flexibility index (Phi) is 5.77. The molecular formula is C13H25NO. The van der Waals surface area contributed by atoms with Gasteiger partial charge in [-0.3, -0.25) is 0 Å². The highest BCUT2D eigenvalue weighted by Crippen LogP contribution is 2.25. The van der Waals surface area contributed by atoms with E-state index in [0.29, 0.717) is 5.92 Å². The fraction of sp³-hybridized carbons (Fsp3) is 0.846. The summed E-state index contributed by atoms with van der Waals surface area (Å²) >= 11 is 0. The van der Waals surface area contributed by atoms with Gasteiger partial charge in [0.2, 0.25) is 0 Å². The van der Waals surface area contributed by atoms with E-state index in [1.807, 2.05) is 6.26 Å². The molecule has 0 aromatic heterocycles. The van der Waals surface area contributed by atoms with Crippen LogP contribution in [0, 0.1) is 5.92 Å². The Morgan fingerprint density at radius 3 is 2.47 bits per heavy atom. The first-order valence-corrected chi connectivity index (χ1v) is 6.35. The molecule has 2 N–H and O–H groups in total. The summed E-state index contributed by atoms with van der Waals surface area (Å²) in [7, 11) is 0. The van der Waals surface area contributed by atoms with Gasteiger partial charge in [0, 0.05) is 6.04 Å². The van der Waals surface area contributed by atoms with Gasteiger partial charge in [0.25, 0.3) is 0 Å². The molecule has 0 radical (unpaired) electrons. The topological polar surface area (TPSA) is 35.2 Å². The Bertz CT molecular complexity index is 195. The van der Waals surface area contributed by atoms with E-state index in [2.05, 4.69) is 13.8 Å². The maximum absolute atomic E-state index is 6.32. The summed E-state index contributed by atoms with van der Waals surface area (Å²) in [6, 6.07) is 0.227. The van der Waals surface area contributed by atoms with Crippen molar-refractivity contribution in [2.75, 3.05) is 6.61 Å². The number of ether oxygens (including phenoxy) is 1. The molecular weight excluding hydrogens is 186 g/mol. The van der Waals surface area contributed by atoms with Gasteiger partial charge in [-0.05, 0) is 37.2 Å². The third-order valence-electron chi connectivity index (χ3n) is 3.22. The second kappa shape index (κ2) is 6.89. The fourth-order valence-electron chi connectivity index (χ4n) is 2.38. The summed E-state index contributed by atoms with van der Waals surface area (Å²) in [6.07, 6.45) is 9.11. The van der Waals surface area contributed by atoms with Gasteiger partial charge in [-0.1, -0.05) is 26.7 Å². The number of nitrogens with two attached hydrogens (primary N) is 1. The molecule has 0 aromatic carbocycles. The van der Waals surface area contributed by atoms with Gasteiger partial charge in [0.05, 0.1) is 12.9 Å². The van der Waals surface area contributed by atoms with E-state index >= 15 is 0 Å². The van der Waals surface area contributed by atoms with Crippen LogP contribution in [0.25, 0.3) is 0 Å². The zero-order valence-corrected chi connectivity index (χ0v) is 10.2. The second-order valence-corrected chi connectivity index (χ2v) is 4.53. The average molecular weight is 211 g/mol. The lowest BCUT2D eigenvalue weighted by atomic mass is 9.85. The molecule has 2 nitrogen and oxygen atoms in total. The Hall–Kier alpha value is -0.500. The Morgan fingerprint density at radius 2 is 2.00 bits per heavy atom. The van der Waals surface area contributed by atoms with Gasteiger partial charge in [-0.15, -0.1) is 0 Å². The van der Waals surface area contributed by atoms with Crippen molar-refractivity contribution in [1.29, 1.82) is 0 Å². The number of hydrogen-bond acceptors (Lipinski definition) is 2. The van der Waals surface area contributed by atoms with Crippen LogP contribution in [0.4, 0.5) is 0 Å². The van der Waals surface area contributed by atoms with Crippen molar-refractivity contribution in [1.82, 2.24) is 0 Å². The van der Waals surface area contributed by atoms with Crippen molar-refractivity contribution >= 4 is 0 Å². The van der Waals surface area contributed by atoms with E-state index in [4.69, 9.17) is 10.5 Å². The summed E-state index contributed by atoms with van der Waals surface area (Å²) < 4.78 is 5.37. The third kappa shape index (κ3) is 3.86. The largest absolute Gasteiger partial charge is 0.501 e. The van der Waals surface area contributed by atoms with Gasteiger partial charge >= 0.3 is 0 Å². The minimum absolute atomic E-state index is 0.227. The van der Waals surface area contributed by atoms with Gasteiger partial charge < -0.3 is 10.5 Å². The SMILES string of the molecule is CCCC(CCC)C(N)C1=COCCC1. The van der Waals surface area contributed by atoms with E-state index < -0.39 is 0 Å². The molecule has 1 rings (SSSR count). The van der Waals surface area contributed by atoms with Crippen LogP contribution in [-0.2, 0) is 4.74 Å². The molecule has 0 amide bonds. The first-order valence-electron chi connectivity index (χ1n) is 6.35. The highest BCUT2D eigenvalue weighted by atomic mass is 16.5. The van der Waals surface area contributed by atoms with E-state index in [1.54, 1.807) is 0 Å². The standard InChI is InChI=1S/C13H25NO/c1-3-6-11(7-4-2)13(14)12-8-5-9-15-10-12/h10-11,13H,3-9,14H2,1-2H3. The first kappa shape index (κ1) is 12.6. The monoisotopic (exact) mass is 211 g/mol. The highest BCUT2D eigenvalue weighted by Gasteiger charge is 2.21. The lowest BCUT2D eigenvalue weighted by molar-refractivity contribution is 0.216. The third-order valence-corrected chi connectivity index (χ3v) is 3.22. The molecule has 1 unspecified atom stereocenters. The van der Waals surface area contributed by atoms with Crippen molar-refractivity contribution in [2.24, 2.45) is 11.7 Å². The summed E-state index contributed by atoms with van der Waals surface area (Å²) in [5, 5.41) is 0. The molecule has 15 heavy (non-hydrogen) atoms. The van der Waals surface area contributed by atoms with Crippen LogP contribution in [0.5, 0.6) is 0 Å². The minimum Gasteiger partial charge on any atom is -0.501 e. The summed E-state index contributed by atoms with van der Waals surface area (Å²) in [4.78, 5) is 0. The number of hydrogen-bond donors (Lipinski definition) is 1. The Morgan fingerprint density at radius 1 is 1.33 bits per heavy atom. The minimum atomic E-state index is 0.227. The molecule has 0 aliphatic carbocycles. The second-order valence-electron chi connectivity index (χ2n) is 4.53. The van der Waals surface area contributed by atoms with E-state index in [1.165, 1.54) is 31.3 Å². The molecule has 88 valence electrons. The quantitative estimate of drug-likeness (QED) is 0.732. The predicted molar refractivity (Wildman–Crippen MR) is 64.6 cm³/mol. The molecule has 1 aliphatic heterocycles. The van der Waals surface area contributed by atoms with Crippen molar-refractivity contribution in [3.8, 4) is 0 Å². The van der Waals surface area contributed by atoms with Gasteiger partial charge in [0.1, 0.15) is 0 Å². The van der Waals surface area contributed by atoms with Crippen LogP contribution in [0.3, 0.4) is 0 Å².